The summed E-state index contributed by atoms with van der Waals surface area (Å²) in [6.45, 7) is 2.31. The van der Waals surface area contributed by atoms with E-state index >= 15 is 0 Å². The number of hydrogen-bond donors (Lipinski definition) is 1. The van der Waals surface area contributed by atoms with Gasteiger partial charge in [-0.2, -0.15) is 0 Å². The smallest absolute Gasteiger partial charge is 0.130 e. The number of nitrogens with zero attached hydrogens (tertiary/aromatic N) is 1. The van der Waals surface area contributed by atoms with Gasteiger partial charge < -0.3 is 10.6 Å². The fourth-order valence-electron chi connectivity index (χ4n) is 2.26. The Labute approximate surface area is 124 Å². The van der Waals surface area contributed by atoms with Gasteiger partial charge >= 0.3 is 0 Å². The maximum Gasteiger partial charge on any atom is 0.130 e. The first kappa shape index (κ1) is 14.8. The molecule has 20 heavy (non-hydrogen) atoms. The van der Waals surface area contributed by atoms with E-state index in [4.69, 9.17) is 17.3 Å². The molecule has 4 heteroatoms. The highest BCUT2D eigenvalue weighted by atomic mass is 35.5. The molecule has 0 radical (unpaired) electrons. The fourth-order valence-corrected chi connectivity index (χ4v) is 2.55. The minimum Gasteiger partial charge on any atom is -0.366 e. The van der Waals surface area contributed by atoms with Crippen LogP contribution in [0.2, 0.25) is 5.02 Å². The maximum absolute atomic E-state index is 14.1. The summed E-state index contributed by atoms with van der Waals surface area (Å²) < 4.78 is 14.1. The van der Waals surface area contributed by atoms with Gasteiger partial charge in [-0.1, -0.05) is 35.4 Å². The average Bonchev–Trinajstić information content (AvgIpc) is 2.43. The third-order valence-electron chi connectivity index (χ3n) is 3.46. The molecular formula is C16H18ClFN2. The summed E-state index contributed by atoms with van der Waals surface area (Å²) in [6.07, 6.45) is 0. The molecule has 0 bridgehead atoms. The molecular weight excluding hydrogens is 275 g/mol. The van der Waals surface area contributed by atoms with E-state index in [9.17, 15) is 4.39 Å². The van der Waals surface area contributed by atoms with Gasteiger partial charge in [0.05, 0.1) is 6.04 Å². The monoisotopic (exact) mass is 292 g/mol. The standard InChI is InChI=1S/C16H18ClFN2/c1-11-6-8-12(9-7-11)20(2)15(10-19)16-13(17)4-3-5-14(16)18/h3-9,15H,10,19H2,1-2H3. The van der Waals surface area contributed by atoms with E-state index in [-0.39, 0.29) is 18.4 Å². The van der Waals surface area contributed by atoms with Gasteiger partial charge in [0, 0.05) is 29.9 Å². The van der Waals surface area contributed by atoms with E-state index in [1.807, 2.05) is 43.1 Å². The van der Waals surface area contributed by atoms with Crippen molar-refractivity contribution in [2.24, 2.45) is 5.73 Å². The number of benzene rings is 2. The topological polar surface area (TPSA) is 29.3 Å². The van der Waals surface area contributed by atoms with Crippen molar-refractivity contribution in [1.82, 2.24) is 0 Å². The van der Waals surface area contributed by atoms with Crippen LogP contribution in [0.15, 0.2) is 42.5 Å². The second-order valence-electron chi connectivity index (χ2n) is 4.83. The summed E-state index contributed by atoms with van der Waals surface area (Å²) in [5.41, 5.74) is 8.44. The van der Waals surface area contributed by atoms with Crippen LogP contribution >= 0.6 is 11.6 Å². The van der Waals surface area contributed by atoms with Crippen LogP contribution in [0.25, 0.3) is 0 Å². The molecule has 0 aliphatic carbocycles. The minimum atomic E-state index is -0.327. The van der Waals surface area contributed by atoms with Gasteiger partial charge in [0.1, 0.15) is 5.82 Å². The molecule has 2 aromatic rings. The number of likely N-dealkylation sites (N-methyl/N-ethyl adjacent to an activating group) is 1. The molecule has 2 nitrogen and oxygen atoms in total. The normalized spacial score (nSPS) is 12.2. The first-order chi connectivity index (χ1) is 9.54. The lowest BCUT2D eigenvalue weighted by molar-refractivity contribution is 0.573. The molecule has 0 fully saturated rings. The van der Waals surface area contributed by atoms with E-state index in [0.29, 0.717) is 10.6 Å². The predicted molar refractivity (Wildman–Crippen MR) is 82.8 cm³/mol. The minimum absolute atomic E-state index is 0.283. The van der Waals surface area contributed by atoms with Gasteiger partial charge in [-0.3, -0.25) is 0 Å². The number of aryl methyl sites for hydroxylation is 1. The first-order valence-electron chi connectivity index (χ1n) is 6.48. The number of halogens is 2. The molecule has 2 N–H and O–H groups in total. The summed E-state index contributed by atoms with van der Waals surface area (Å²) in [5, 5.41) is 0.402. The third kappa shape index (κ3) is 2.94. The van der Waals surface area contributed by atoms with E-state index in [0.717, 1.165) is 5.69 Å². The number of nitrogens with two attached hydrogens (primary N) is 1. The molecule has 0 spiro atoms. The van der Waals surface area contributed by atoms with Gasteiger partial charge in [0.2, 0.25) is 0 Å². The molecule has 1 atom stereocenters. The van der Waals surface area contributed by atoms with Crippen molar-refractivity contribution >= 4 is 17.3 Å². The lowest BCUT2D eigenvalue weighted by atomic mass is 10.0. The van der Waals surface area contributed by atoms with Gasteiger partial charge in [-0.25, -0.2) is 4.39 Å². The molecule has 106 valence electrons. The van der Waals surface area contributed by atoms with Crippen molar-refractivity contribution in [3.05, 3.63) is 64.4 Å². The lowest BCUT2D eigenvalue weighted by Gasteiger charge is -2.30. The molecule has 0 amide bonds. The van der Waals surface area contributed by atoms with E-state index in [1.54, 1.807) is 12.1 Å². The molecule has 0 saturated heterocycles. The Hall–Kier alpha value is -1.58. The van der Waals surface area contributed by atoms with E-state index in [1.165, 1.54) is 11.6 Å². The summed E-state index contributed by atoms with van der Waals surface area (Å²) >= 11 is 6.14. The van der Waals surface area contributed by atoms with Gasteiger partial charge in [0.25, 0.3) is 0 Å². The number of anilines is 1. The third-order valence-corrected chi connectivity index (χ3v) is 3.79. The van der Waals surface area contributed by atoms with Crippen LogP contribution in [0, 0.1) is 12.7 Å². The van der Waals surface area contributed by atoms with Crippen molar-refractivity contribution in [2.75, 3.05) is 18.5 Å². The van der Waals surface area contributed by atoms with Gasteiger partial charge in [-0.15, -0.1) is 0 Å². The SMILES string of the molecule is Cc1ccc(N(C)C(CN)c2c(F)cccc2Cl)cc1. The first-order valence-corrected chi connectivity index (χ1v) is 6.86. The second kappa shape index (κ2) is 6.25. The zero-order valence-corrected chi connectivity index (χ0v) is 12.4. The second-order valence-corrected chi connectivity index (χ2v) is 5.24. The summed E-state index contributed by atoms with van der Waals surface area (Å²) in [5.74, 6) is -0.327. The summed E-state index contributed by atoms with van der Waals surface area (Å²) in [4.78, 5) is 1.95. The average molecular weight is 293 g/mol. The molecule has 0 aromatic heterocycles. The van der Waals surface area contributed by atoms with Crippen molar-refractivity contribution in [3.8, 4) is 0 Å². The number of rotatable bonds is 4. The van der Waals surface area contributed by atoms with Crippen LogP contribution < -0.4 is 10.6 Å². The summed E-state index contributed by atoms with van der Waals surface area (Å²) in [7, 11) is 1.89. The number of hydrogen-bond acceptors (Lipinski definition) is 2. The van der Waals surface area contributed by atoms with Crippen LogP contribution in [0.3, 0.4) is 0 Å². The van der Waals surface area contributed by atoms with Crippen molar-refractivity contribution < 1.29 is 4.39 Å². The quantitative estimate of drug-likeness (QED) is 0.925. The van der Waals surface area contributed by atoms with Crippen molar-refractivity contribution in [3.63, 3.8) is 0 Å². The Morgan fingerprint density at radius 3 is 2.40 bits per heavy atom. The van der Waals surface area contributed by atoms with E-state index < -0.39 is 0 Å². The zero-order valence-electron chi connectivity index (χ0n) is 11.6. The van der Waals surface area contributed by atoms with Gasteiger partial charge in [0.15, 0.2) is 0 Å². The van der Waals surface area contributed by atoms with Gasteiger partial charge in [-0.05, 0) is 31.2 Å². The van der Waals surface area contributed by atoms with Crippen molar-refractivity contribution in [1.29, 1.82) is 0 Å². The Balaban J connectivity index is 2.39. The highest BCUT2D eigenvalue weighted by Gasteiger charge is 2.22. The molecule has 0 aliphatic rings. The van der Waals surface area contributed by atoms with E-state index in [2.05, 4.69) is 0 Å². The molecule has 1 unspecified atom stereocenters. The Bertz CT molecular complexity index is 563. The van der Waals surface area contributed by atoms with Crippen LogP contribution in [0.1, 0.15) is 17.2 Å². The Kier molecular flexibility index (Phi) is 4.63. The summed E-state index contributed by atoms with van der Waals surface area (Å²) in [6, 6.07) is 12.4. The van der Waals surface area contributed by atoms with Crippen LogP contribution in [-0.2, 0) is 0 Å². The molecule has 0 saturated carbocycles. The lowest BCUT2D eigenvalue weighted by Crippen LogP contribution is -2.31. The zero-order chi connectivity index (χ0) is 14.7. The van der Waals surface area contributed by atoms with Crippen LogP contribution in [0.5, 0.6) is 0 Å². The maximum atomic E-state index is 14.1. The predicted octanol–water partition coefficient (Wildman–Crippen LogP) is 3.92. The highest BCUT2D eigenvalue weighted by Crippen LogP contribution is 2.31. The molecule has 2 aromatic carbocycles. The van der Waals surface area contributed by atoms with Crippen LogP contribution in [0.4, 0.5) is 10.1 Å². The highest BCUT2D eigenvalue weighted by molar-refractivity contribution is 6.31. The fraction of sp³-hybridized carbons (Fsp3) is 0.250. The van der Waals surface area contributed by atoms with Crippen molar-refractivity contribution in [2.45, 2.75) is 13.0 Å². The Morgan fingerprint density at radius 1 is 1.20 bits per heavy atom. The van der Waals surface area contributed by atoms with Crippen LogP contribution in [-0.4, -0.2) is 13.6 Å². The molecule has 0 heterocycles. The molecule has 0 aliphatic heterocycles. The largest absolute Gasteiger partial charge is 0.366 e. The molecule has 2 rings (SSSR count). The Morgan fingerprint density at radius 2 is 1.85 bits per heavy atom.